The Balaban J connectivity index is 1.18. The van der Waals surface area contributed by atoms with Gasteiger partial charge in [-0.15, -0.1) is 0 Å². The average molecular weight is 467 g/mol. The number of aromatic nitrogens is 2. The van der Waals surface area contributed by atoms with E-state index >= 15 is 0 Å². The lowest BCUT2D eigenvalue weighted by Crippen LogP contribution is -2.49. The second-order valence-electron chi connectivity index (χ2n) is 9.02. The topological polar surface area (TPSA) is 62.5 Å². The summed E-state index contributed by atoms with van der Waals surface area (Å²) in [5, 5.41) is 4.08. The summed E-state index contributed by atoms with van der Waals surface area (Å²) >= 11 is 0. The molecule has 0 N–H and O–H groups in total. The van der Waals surface area contributed by atoms with Crippen molar-refractivity contribution in [2.45, 2.75) is 25.8 Å². The number of aryl methyl sites for hydroxylation is 2. The number of hydrogen-bond donors (Lipinski definition) is 0. The Bertz CT molecular complexity index is 1190. The first-order chi connectivity index (χ1) is 17.2. The molecule has 0 unspecified atom stereocenters. The summed E-state index contributed by atoms with van der Waals surface area (Å²) in [5.74, 6) is 1.20. The number of carbonyl (C=O) groups is 1. The molecule has 0 spiro atoms. The number of benzene rings is 3. The maximum Gasteiger partial charge on any atom is 0.227 e. The monoisotopic (exact) mass is 466 g/mol. The molecule has 178 valence electrons. The Morgan fingerprint density at radius 1 is 0.857 bits per heavy atom. The van der Waals surface area contributed by atoms with E-state index in [0.29, 0.717) is 37.6 Å². The summed E-state index contributed by atoms with van der Waals surface area (Å²) < 4.78 is 5.39. The second kappa shape index (κ2) is 10.7. The van der Waals surface area contributed by atoms with E-state index in [9.17, 15) is 4.79 Å². The van der Waals surface area contributed by atoms with Crippen molar-refractivity contribution in [2.24, 2.45) is 0 Å². The second-order valence-corrected chi connectivity index (χ2v) is 9.02. The van der Waals surface area contributed by atoms with Crippen molar-refractivity contribution in [1.29, 1.82) is 0 Å². The maximum atomic E-state index is 12.9. The van der Waals surface area contributed by atoms with Crippen LogP contribution in [0.4, 0.5) is 0 Å². The summed E-state index contributed by atoms with van der Waals surface area (Å²) in [6.45, 7) is 5.14. The van der Waals surface area contributed by atoms with E-state index in [1.54, 1.807) is 0 Å². The van der Waals surface area contributed by atoms with Crippen LogP contribution in [0.25, 0.3) is 11.4 Å². The molecule has 1 aliphatic heterocycles. The molecule has 1 aromatic heterocycles. The van der Waals surface area contributed by atoms with Gasteiger partial charge in [0.25, 0.3) is 0 Å². The molecule has 0 bridgehead atoms. The molecule has 0 atom stereocenters. The fourth-order valence-corrected chi connectivity index (χ4v) is 4.66. The standard InChI is InChI=1S/C29H30N4O2/c1-22-12-14-25(15-13-22)29-30-26(35-31-29)16-17-27(34)32-18-20-33(21-19-32)28(23-8-4-2-5-9-23)24-10-6-3-7-11-24/h2-15,28H,16-21H2,1H3. The zero-order valence-electron chi connectivity index (χ0n) is 20.0. The van der Waals surface area contributed by atoms with Gasteiger partial charge in [-0.05, 0) is 18.1 Å². The van der Waals surface area contributed by atoms with Crippen LogP contribution in [0.15, 0.2) is 89.5 Å². The van der Waals surface area contributed by atoms with E-state index in [0.717, 1.165) is 18.7 Å². The first kappa shape index (κ1) is 23.0. The molecule has 5 rings (SSSR count). The van der Waals surface area contributed by atoms with Crippen LogP contribution in [0.1, 0.15) is 35.0 Å². The quantitative estimate of drug-likeness (QED) is 0.387. The van der Waals surface area contributed by atoms with Gasteiger partial charge in [0.2, 0.25) is 17.6 Å². The summed E-state index contributed by atoms with van der Waals surface area (Å²) in [7, 11) is 0. The van der Waals surface area contributed by atoms with E-state index in [1.165, 1.54) is 16.7 Å². The lowest BCUT2D eigenvalue weighted by molar-refractivity contribution is -0.133. The predicted molar refractivity (Wildman–Crippen MR) is 136 cm³/mol. The highest BCUT2D eigenvalue weighted by Gasteiger charge is 2.28. The van der Waals surface area contributed by atoms with Crippen molar-refractivity contribution >= 4 is 5.91 Å². The minimum Gasteiger partial charge on any atom is -0.340 e. The number of nitrogens with zero attached hydrogens (tertiary/aromatic N) is 4. The molecule has 1 fully saturated rings. The summed E-state index contributed by atoms with van der Waals surface area (Å²) in [6, 6.07) is 29.4. The molecular weight excluding hydrogens is 436 g/mol. The first-order valence-corrected chi connectivity index (χ1v) is 12.2. The van der Waals surface area contributed by atoms with Crippen LogP contribution in [0.5, 0.6) is 0 Å². The van der Waals surface area contributed by atoms with Crippen LogP contribution in [-0.4, -0.2) is 52.0 Å². The van der Waals surface area contributed by atoms with Gasteiger partial charge in [-0.25, -0.2) is 0 Å². The van der Waals surface area contributed by atoms with Crippen LogP contribution in [0.3, 0.4) is 0 Å². The van der Waals surface area contributed by atoms with Crippen molar-refractivity contribution in [3.05, 3.63) is 108 Å². The van der Waals surface area contributed by atoms with Crippen LogP contribution in [0.2, 0.25) is 0 Å². The Labute approximate surface area is 206 Å². The van der Waals surface area contributed by atoms with Crippen LogP contribution >= 0.6 is 0 Å². The zero-order chi connectivity index (χ0) is 24.0. The number of piperazine rings is 1. The highest BCUT2D eigenvalue weighted by atomic mass is 16.5. The van der Waals surface area contributed by atoms with Crippen molar-refractivity contribution < 1.29 is 9.32 Å². The number of rotatable bonds is 7. The van der Waals surface area contributed by atoms with Gasteiger partial charge in [-0.3, -0.25) is 9.69 Å². The van der Waals surface area contributed by atoms with Crippen molar-refractivity contribution in [1.82, 2.24) is 19.9 Å². The van der Waals surface area contributed by atoms with Gasteiger partial charge in [-0.2, -0.15) is 4.98 Å². The molecule has 1 amide bonds. The summed E-state index contributed by atoms with van der Waals surface area (Å²) in [6.07, 6.45) is 0.824. The number of hydrogen-bond acceptors (Lipinski definition) is 5. The van der Waals surface area contributed by atoms with E-state index in [4.69, 9.17) is 4.52 Å². The van der Waals surface area contributed by atoms with E-state index in [1.807, 2.05) is 36.1 Å². The molecule has 1 aliphatic rings. The predicted octanol–water partition coefficient (Wildman–Crippen LogP) is 4.91. The molecule has 0 radical (unpaired) electrons. The van der Waals surface area contributed by atoms with E-state index < -0.39 is 0 Å². The minimum absolute atomic E-state index is 0.135. The van der Waals surface area contributed by atoms with Crippen LogP contribution in [0, 0.1) is 6.92 Å². The van der Waals surface area contributed by atoms with E-state index in [2.05, 4.69) is 75.7 Å². The Kier molecular flexibility index (Phi) is 7.00. The molecule has 0 aliphatic carbocycles. The van der Waals surface area contributed by atoms with Crippen molar-refractivity contribution in [3.8, 4) is 11.4 Å². The Morgan fingerprint density at radius 3 is 2.06 bits per heavy atom. The van der Waals surface area contributed by atoms with Crippen LogP contribution in [-0.2, 0) is 11.2 Å². The number of amides is 1. The summed E-state index contributed by atoms with van der Waals surface area (Å²) in [4.78, 5) is 21.8. The van der Waals surface area contributed by atoms with Crippen LogP contribution < -0.4 is 0 Å². The lowest BCUT2D eigenvalue weighted by Gasteiger charge is -2.39. The van der Waals surface area contributed by atoms with Gasteiger partial charge in [0.1, 0.15) is 0 Å². The molecule has 4 aromatic rings. The molecule has 6 nitrogen and oxygen atoms in total. The third-order valence-electron chi connectivity index (χ3n) is 6.59. The van der Waals surface area contributed by atoms with Gasteiger partial charge >= 0.3 is 0 Å². The third kappa shape index (κ3) is 5.49. The van der Waals surface area contributed by atoms with Gasteiger partial charge in [-0.1, -0.05) is 95.6 Å². The molecule has 1 saturated heterocycles. The first-order valence-electron chi connectivity index (χ1n) is 12.2. The maximum absolute atomic E-state index is 12.9. The van der Waals surface area contributed by atoms with Gasteiger partial charge < -0.3 is 9.42 Å². The molecule has 35 heavy (non-hydrogen) atoms. The van der Waals surface area contributed by atoms with Crippen molar-refractivity contribution in [2.75, 3.05) is 26.2 Å². The van der Waals surface area contributed by atoms with E-state index in [-0.39, 0.29) is 11.9 Å². The third-order valence-corrected chi connectivity index (χ3v) is 6.59. The summed E-state index contributed by atoms with van der Waals surface area (Å²) in [5.41, 5.74) is 4.65. The highest BCUT2D eigenvalue weighted by Crippen LogP contribution is 2.29. The Hall–Kier alpha value is -3.77. The Morgan fingerprint density at radius 2 is 1.46 bits per heavy atom. The zero-order valence-corrected chi connectivity index (χ0v) is 20.0. The molecule has 6 heteroatoms. The molecule has 3 aromatic carbocycles. The minimum atomic E-state index is 0.135. The highest BCUT2D eigenvalue weighted by molar-refractivity contribution is 5.76. The largest absolute Gasteiger partial charge is 0.340 e. The van der Waals surface area contributed by atoms with Gasteiger partial charge in [0.05, 0.1) is 6.04 Å². The van der Waals surface area contributed by atoms with Crippen molar-refractivity contribution in [3.63, 3.8) is 0 Å². The normalized spacial score (nSPS) is 14.4. The fraction of sp³-hybridized carbons (Fsp3) is 0.276. The van der Waals surface area contributed by atoms with Gasteiger partial charge in [0, 0.05) is 44.6 Å². The fourth-order valence-electron chi connectivity index (χ4n) is 4.66. The number of carbonyl (C=O) groups excluding carboxylic acids is 1. The average Bonchev–Trinajstić information content (AvgIpc) is 3.39. The SMILES string of the molecule is Cc1ccc(-c2noc(CCC(=O)N3CCN(C(c4ccccc4)c4ccccc4)CC3)n2)cc1. The molecule has 2 heterocycles. The molecular formula is C29H30N4O2. The smallest absolute Gasteiger partial charge is 0.227 e. The molecule has 0 saturated carbocycles. The lowest BCUT2D eigenvalue weighted by atomic mass is 9.96. The van der Waals surface area contributed by atoms with Gasteiger partial charge in [0.15, 0.2) is 0 Å².